The van der Waals surface area contributed by atoms with E-state index in [9.17, 15) is 0 Å². The lowest BCUT2D eigenvalue weighted by Gasteiger charge is -2.37. The molecule has 3 rings (SSSR count). The Hall–Kier alpha value is -2.42. The number of benzene rings is 3. The maximum absolute atomic E-state index is 3.87. The Kier molecular flexibility index (Phi) is 5.64. The van der Waals surface area contributed by atoms with E-state index >= 15 is 0 Å². The predicted molar refractivity (Wildman–Crippen MR) is 106 cm³/mol. The van der Waals surface area contributed by atoms with Crippen LogP contribution in [0.4, 0.5) is 0 Å². The third kappa shape index (κ3) is 3.81. The van der Waals surface area contributed by atoms with Gasteiger partial charge in [0.05, 0.1) is 5.54 Å². The summed E-state index contributed by atoms with van der Waals surface area (Å²) in [6.45, 7) is 1.87. The van der Waals surface area contributed by atoms with Gasteiger partial charge >= 0.3 is 0 Å². The number of nitrogens with one attached hydrogen (secondary N) is 1. The van der Waals surface area contributed by atoms with Crippen molar-refractivity contribution in [2.45, 2.75) is 5.54 Å². The summed E-state index contributed by atoms with van der Waals surface area (Å²) in [5, 5.41) is 3.87. The largest absolute Gasteiger partial charge is 0.308 e. The Morgan fingerprint density at radius 2 is 1.00 bits per heavy atom. The maximum atomic E-state index is 3.87. The number of nitrogens with zero attached hydrogens (tertiary/aromatic N) is 1. The molecule has 25 heavy (non-hydrogen) atoms. The molecular weight excluding hydrogens is 304 g/mol. The first-order valence-electron chi connectivity index (χ1n) is 8.80. The van der Waals surface area contributed by atoms with Crippen molar-refractivity contribution < 1.29 is 0 Å². The molecule has 3 aromatic carbocycles. The molecule has 128 valence electrons. The second-order valence-electron chi connectivity index (χ2n) is 6.58. The van der Waals surface area contributed by atoms with Gasteiger partial charge in [0.15, 0.2) is 0 Å². The second kappa shape index (κ2) is 8.11. The van der Waals surface area contributed by atoms with E-state index in [1.165, 1.54) is 16.7 Å². The molecule has 0 atom stereocenters. The quantitative estimate of drug-likeness (QED) is 0.655. The maximum Gasteiger partial charge on any atom is 0.0948 e. The normalized spacial score (nSPS) is 11.6. The van der Waals surface area contributed by atoms with E-state index in [2.05, 4.69) is 115 Å². The van der Waals surface area contributed by atoms with Crippen LogP contribution in [0.15, 0.2) is 91.0 Å². The van der Waals surface area contributed by atoms with Crippen molar-refractivity contribution in [3.05, 3.63) is 108 Å². The van der Waals surface area contributed by atoms with Crippen LogP contribution in [0.1, 0.15) is 16.7 Å². The Labute approximate surface area is 151 Å². The SMILES string of the molecule is CN(C)CCNC(c1ccccc1)(c1ccccc1)c1ccccc1. The Bertz CT molecular complexity index is 655. The van der Waals surface area contributed by atoms with Crippen LogP contribution in [-0.2, 0) is 5.54 Å². The van der Waals surface area contributed by atoms with Gasteiger partial charge in [0.2, 0.25) is 0 Å². The molecule has 0 unspecified atom stereocenters. The fourth-order valence-corrected chi connectivity index (χ4v) is 3.34. The number of hydrogen-bond donors (Lipinski definition) is 1. The standard InChI is InChI=1S/C23H26N2/c1-25(2)19-18-24-23(20-12-6-3-7-13-20,21-14-8-4-9-15-21)22-16-10-5-11-17-22/h3-17,24H,18-19H2,1-2H3. The van der Waals surface area contributed by atoms with Crippen LogP contribution in [0.3, 0.4) is 0 Å². The predicted octanol–water partition coefficient (Wildman–Crippen LogP) is 4.13. The molecule has 0 aliphatic rings. The smallest absolute Gasteiger partial charge is 0.0948 e. The van der Waals surface area contributed by atoms with E-state index in [4.69, 9.17) is 0 Å². The Balaban J connectivity index is 2.16. The van der Waals surface area contributed by atoms with E-state index in [1.807, 2.05) is 0 Å². The minimum atomic E-state index is -0.361. The first kappa shape index (κ1) is 17.4. The van der Waals surface area contributed by atoms with Crippen LogP contribution in [0.25, 0.3) is 0 Å². The summed E-state index contributed by atoms with van der Waals surface area (Å²) in [5.74, 6) is 0. The van der Waals surface area contributed by atoms with Gasteiger partial charge in [0, 0.05) is 13.1 Å². The summed E-state index contributed by atoms with van der Waals surface area (Å²) in [6.07, 6.45) is 0. The first-order valence-corrected chi connectivity index (χ1v) is 8.80. The van der Waals surface area contributed by atoms with E-state index in [1.54, 1.807) is 0 Å². The molecule has 3 aromatic rings. The van der Waals surface area contributed by atoms with Crippen molar-refractivity contribution in [2.24, 2.45) is 0 Å². The van der Waals surface area contributed by atoms with Crippen LogP contribution >= 0.6 is 0 Å². The summed E-state index contributed by atoms with van der Waals surface area (Å²) < 4.78 is 0. The minimum absolute atomic E-state index is 0.361. The third-order valence-corrected chi connectivity index (χ3v) is 4.57. The van der Waals surface area contributed by atoms with Crippen molar-refractivity contribution in [2.75, 3.05) is 27.2 Å². The van der Waals surface area contributed by atoms with Crippen molar-refractivity contribution in [3.63, 3.8) is 0 Å². The average molecular weight is 330 g/mol. The molecule has 0 spiro atoms. The molecule has 0 aliphatic heterocycles. The van der Waals surface area contributed by atoms with E-state index in [-0.39, 0.29) is 5.54 Å². The number of likely N-dealkylation sites (N-methyl/N-ethyl adjacent to an activating group) is 1. The van der Waals surface area contributed by atoms with E-state index < -0.39 is 0 Å². The summed E-state index contributed by atoms with van der Waals surface area (Å²) in [4.78, 5) is 2.21. The van der Waals surface area contributed by atoms with Crippen LogP contribution in [0.2, 0.25) is 0 Å². The summed E-state index contributed by atoms with van der Waals surface area (Å²) in [7, 11) is 4.22. The molecule has 0 amide bonds. The zero-order valence-electron chi connectivity index (χ0n) is 15.0. The molecule has 0 fully saturated rings. The van der Waals surface area contributed by atoms with Crippen LogP contribution in [0, 0.1) is 0 Å². The van der Waals surface area contributed by atoms with Crippen molar-refractivity contribution in [1.29, 1.82) is 0 Å². The van der Waals surface area contributed by atoms with Gasteiger partial charge in [0.25, 0.3) is 0 Å². The van der Waals surface area contributed by atoms with Gasteiger partial charge in [-0.25, -0.2) is 0 Å². The summed E-state index contributed by atoms with van der Waals surface area (Å²) in [5.41, 5.74) is 3.41. The molecule has 0 saturated heterocycles. The zero-order chi connectivity index (χ0) is 17.5. The molecule has 1 N–H and O–H groups in total. The van der Waals surface area contributed by atoms with Gasteiger partial charge in [-0.3, -0.25) is 5.32 Å². The van der Waals surface area contributed by atoms with Gasteiger partial charge in [-0.2, -0.15) is 0 Å². The minimum Gasteiger partial charge on any atom is -0.308 e. The number of hydrogen-bond acceptors (Lipinski definition) is 2. The molecule has 2 nitrogen and oxygen atoms in total. The van der Waals surface area contributed by atoms with Gasteiger partial charge in [-0.1, -0.05) is 91.0 Å². The summed E-state index contributed by atoms with van der Waals surface area (Å²) >= 11 is 0. The highest BCUT2D eigenvalue weighted by Crippen LogP contribution is 2.36. The Morgan fingerprint density at radius 1 is 0.640 bits per heavy atom. The van der Waals surface area contributed by atoms with E-state index in [0.29, 0.717) is 0 Å². The van der Waals surface area contributed by atoms with Gasteiger partial charge in [-0.15, -0.1) is 0 Å². The first-order chi connectivity index (χ1) is 12.2. The second-order valence-corrected chi connectivity index (χ2v) is 6.58. The van der Waals surface area contributed by atoms with Crippen molar-refractivity contribution >= 4 is 0 Å². The fourth-order valence-electron chi connectivity index (χ4n) is 3.34. The highest BCUT2D eigenvalue weighted by atomic mass is 15.1. The average Bonchev–Trinajstić information content (AvgIpc) is 2.67. The third-order valence-electron chi connectivity index (χ3n) is 4.57. The van der Waals surface area contributed by atoms with E-state index in [0.717, 1.165) is 13.1 Å². The zero-order valence-corrected chi connectivity index (χ0v) is 15.0. The molecular formula is C23H26N2. The summed E-state index contributed by atoms with van der Waals surface area (Å²) in [6, 6.07) is 32.2. The Morgan fingerprint density at radius 3 is 1.32 bits per heavy atom. The molecule has 0 aromatic heterocycles. The highest BCUT2D eigenvalue weighted by molar-refractivity contribution is 5.49. The van der Waals surface area contributed by atoms with Gasteiger partial charge in [0.1, 0.15) is 0 Å². The molecule has 0 heterocycles. The topological polar surface area (TPSA) is 15.3 Å². The lowest BCUT2D eigenvalue weighted by molar-refractivity contribution is 0.369. The fraction of sp³-hybridized carbons (Fsp3) is 0.217. The molecule has 0 saturated carbocycles. The molecule has 0 bridgehead atoms. The lowest BCUT2D eigenvalue weighted by Crippen LogP contribution is -2.47. The van der Waals surface area contributed by atoms with Crippen molar-refractivity contribution in [1.82, 2.24) is 10.2 Å². The molecule has 2 heteroatoms. The van der Waals surface area contributed by atoms with Crippen molar-refractivity contribution in [3.8, 4) is 0 Å². The molecule has 0 aliphatic carbocycles. The highest BCUT2D eigenvalue weighted by Gasteiger charge is 2.35. The van der Waals surface area contributed by atoms with Crippen LogP contribution < -0.4 is 5.32 Å². The lowest BCUT2D eigenvalue weighted by atomic mass is 9.77. The van der Waals surface area contributed by atoms with Crippen LogP contribution in [0.5, 0.6) is 0 Å². The molecule has 0 radical (unpaired) electrons. The van der Waals surface area contributed by atoms with Gasteiger partial charge < -0.3 is 4.90 Å². The monoisotopic (exact) mass is 330 g/mol. The van der Waals surface area contributed by atoms with Gasteiger partial charge in [-0.05, 0) is 30.8 Å². The number of rotatable bonds is 7. The van der Waals surface area contributed by atoms with Crippen LogP contribution in [-0.4, -0.2) is 32.1 Å².